The van der Waals surface area contributed by atoms with Crippen molar-refractivity contribution in [1.82, 2.24) is 10.2 Å². The van der Waals surface area contributed by atoms with Gasteiger partial charge in [-0.15, -0.1) is 0 Å². The van der Waals surface area contributed by atoms with E-state index >= 15 is 0 Å². The Hall–Kier alpha value is -1.20. The first-order valence-electron chi connectivity index (χ1n) is 6.08. The molecular weight excluding hydrogens is 238 g/mol. The molecule has 0 spiro atoms. The van der Waals surface area contributed by atoms with Crippen molar-refractivity contribution < 1.29 is 13.5 Å². The minimum atomic E-state index is -2.44. The van der Waals surface area contributed by atoms with E-state index in [1.165, 1.54) is 6.07 Å². The highest BCUT2D eigenvalue weighted by Gasteiger charge is 2.17. The molecule has 5 heteroatoms. The first-order chi connectivity index (χ1) is 8.70. The molecule has 1 saturated heterocycles. The maximum atomic E-state index is 12.9. The summed E-state index contributed by atoms with van der Waals surface area (Å²) in [6.45, 7) is 4.15. The highest BCUT2D eigenvalue weighted by molar-refractivity contribution is 5.36. The first kappa shape index (κ1) is 13.2. The van der Waals surface area contributed by atoms with Crippen molar-refractivity contribution in [2.75, 3.05) is 33.3 Å². The third kappa shape index (κ3) is 3.17. The smallest absolute Gasteiger partial charge is 0.264 e. The van der Waals surface area contributed by atoms with E-state index in [-0.39, 0.29) is 5.56 Å². The van der Waals surface area contributed by atoms with E-state index in [4.69, 9.17) is 4.74 Å². The molecule has 2 rings (SSSR count). The van der Waals surface area contributed by atoms with Crippen LogP contribution in [0.25, 0.3) is 0 Å². The molecule has 0 aliphatic carbocycles. The Bertz CT molecular complexity index is 393. The van der Waals surface area contributed by atoms with E-state index in [0.29, 0.717) is 17.9 Å². The number of hydrogen-bond donors (Lipinski definition) is 1. The predicted molar refractivity (Wildman–Crippen MR) is 66.1 cm³/mol. The fourth-order valence-corrected chi connectivity index (χ4v) is 2.17. The summed E-state index contributed by atoms with van der Waals surface area (Å²) in [4.78, 5) is 2.18. The van der Waals surface area contributed by atoms with E-state index in [1.54, 1.807) is 19.2 Å². The molecule has 0 aromatic heterocycles. The third-order valence-corrected chi connectivity index (χ3v) is 3.19. The van der Waals surface area contributed by atoms with Crippen molar-refractivity contribution in [1.29, 1.82) is 0 Å². The van der Waals surface area contributed by atoms with Crippen molar-refractivity contribution >= 4 is 0 Å². The molecular formula is C13H18F2N2O. The Labute approximate surface area is 106 Å². The van der Waals surface area contributed by atoms with E-state index in [0.717, 1.165) is 26.2 Å². The van der Waals surface area contributed by atoms with Crippen LogP contribution in [0.15, 0.2) is 18.2 Å². The van der Waals surface area contributed by atoms with Gasteiger partial charge in [-0.2, -0.15) is 0 Å². The average Bonchev–Trinajstić information content (AvgIpc) is 2.39. The monoisotopic (exact) mass is 256 g/mol. The van der Waals surface area contributed by atoms with E-state index in [9.17, 15) is 8.78 Å². The van der Waals surface area contributed by atoms with Crippen LogP contribution < -0.4 is 10.1 Å². The minimum Gasteiger partial charge on any atom is -0.497 e. The lowest BCUT2D eigenvalue weighted by Crippen LogP contribution is -2.43. The van der Waals surface area contributed by atoms with Crippen LogP contribution in [0.2, 0.25) is 0 Å². The highest BCUT2D eigenvalue weighted by atomic mass is 19.3. The second-order valence-electron chi connectivity index (χ2n) is 4.39. The van der Waals surface area contributed by atoms with Crippen LogP contribution >= 0.6 is 0 Å². The molecule has 0 saturated carbocycles. The molecule has 100 valence electrons. The van der Waals surface area contributed by atoms with Crippen LogP contribution in [-0.4, -0.2) is 38.2 Å². The van der Waals surface area contributed by atoms with E-state index < -0.39 is 6.43 Å². The number of rotatable bonds is 4. The van der Waals surface area contributed by atoms with Crippen LogP contribution in [0.4, 0.5) is 8.78 Å². The van der Waals surface area contributed by atoms with Gasteiger partial charge in [0.25, 0.3) is 6.43 Å². The predicted octanol–water partition coefficient (Wildman–Crippen LogP) is 2.04. The van der Waals surface area contributed by atoms with Gasteiger partial charge >= 0.3 is 0 Å². The van der Waals surface area contributed by atoms with Gasteiger partial charge in [-0.05, 0) is 23.8 Å². The summed E-state index contributed by atoms with van der Waals surface area (Å²) in [5.41, 5.74) is 0.764. The lowest BCUT2D eigenvalue weighted by atomic mass is 10.1. The quantitative estimate of drug-likeness (QED) is 0.892. The highest BCUT2D eigenvalue weighted by Crippen LogP contribution is 2.27. The summed E-state index contributed by atoms with van der Waals surface area (Å²) in [7, 11) is 1.55. The van der Waals surface area contributed by atoms with Crippen molar-refractivity contribution in [3.63, 3.8) is 0 Å². The Morgan fingerprint density at radius 1 is 1.33 bits per heavy atom. The molecule has 1 N–H and O–H groups in total. The molecule has 3 nitrogen and oxygen atoms in total. The second-order valence-corrected chi connectivity index (χ2v) is 4.39. The number of nitrogens with one attached hydrogen (secondary N) is 1. The van der Waals surface area contributed by atoms with Gasteiger partial charge in [0, 0.05) is 38.3 Å². The number of piperazine rings is 1. The summed E-state index contributed by atoms with van der Waals surface area (Å²) in [6, 6.07) is 4.76. The van der Waals surface area contributed by atoms with Crippen LogP contribution in [0.3, 0.4) is 0 Å². The number of hydrogen-bond acceptors (Lipinski definition) is 3. The molecule has 0 unspecified atom stereocenters. The van der Waals surface area contributed by atoms with Gasteiger partial charge in [0.1, 0.15) is 5.75 Å². The molecule has 1 aromatic carbocycles. The van der Waals surface area contributed by atoms with Gasteiger partial charge < -0.3 is 10.1 Å². The van der Waals surface area contributed by atoms with E-state index in [1.807, 2.05) is 0 Å². The number of nitrogens with zero attached hydrogens (tertiary/aromatic N) is 1. The van der Waals surface area contributed by atoms with Gasteiger partial charge in [-0.25, -0.2) is 8.78 Å². The fourth-order valence-electron chi connectivity index (χ4n) is 2.17. The maximum Gasteiger partial charge on any atom is 0.264 e. The number of ether oxygens (including phenoxy) is 1. The summed E-state index contributed by atoms with van der Waals surface area (Å²) in [6.07, 6.45) is -2.44. The molecule has 1 aromatic rings. The molecule has 0 radical (unpaired) electrons. The largest absolute Gasteiger partial charge is 0.497 e. The zero-order chi connectivity index (χ0) is 13.0. The Balaban J connectivity index is 2.17. The summed E-state index contributed by atoms with van der Waals surface area (Å²) in [5, 5.41) is 3.25. The van der Waals surface area contributed by atoms with Gasteiger partial charge in [-0.1, -0.05) is 0 Å². The van der Waals surface area contributed by atoms with Crippen LogP contribution in [0, 0.1) is 0 Å². The summed E-state index contributed by atoms with van der Waals surface area (Å²) < 4.78 is 31.0. The molecule has 1 aliphatic heterocycles. The Morgan fingerprint density at radius 3 is 2.67 bits per heavy atom. The molecule has 18 heavy (non-hydrogen) atoms. The average molecular weight is 256 g/mol. The van der Waals surface area contributed by atoms with Crippen molar-refractivity contribution in [2.24, 2.45) is 0 Å². The maximum absolute atomic E-state index is 12.9. The second kappa shape index (κ2) is 6.11. The number of alkyl halides is 2. The standard InChI is InChI=1S/C13H18F2N2O/c1-18-11-2-3-12(13(14)15)10(8-11)9-17-6-4-16-5-7-17/h2-3,8,13,16H,4-7,9H2,1H3. The lowest BCUT2D eigenvalue weighted by Gasteiger charge is -2.28. The first-order valence-corrected chi connectivity index (χ1v) is 6.08. The number of methoxy groups -OCH3 is 1. The van der Waals surface area contributed by atoms with Gasteiger partial charge in [0.2, 0.25) is 0 Å². The number of benzene rings is 1. The fraction of sp³-hybridized carbons (Fsp3) is 0.538. The third-order valence-electron chi connectivity index (χ3n) is 3.19. The van der Waals surface area contributed by atoms with Crippen molar-refractivity contribution in [2.45, 2.75) is 13.0 Å². The summed E-state index contributed by atoms with van der Waals surface area (Å²) in [5.74, 6) is 0.629. The Morgan fingerprint density at radius 2 is 2.06 bits per heavy atom. The molecule has 0 atom stereocenters. The molecule has 0 bridgehead atoms. The topological polar surface area (TPSA) is 24.5 Å². The van der Waals surface area contributed by atoms with Gasteiger partial charge in [-0.3, -0.25) is 4.90 Å². The van der Waals surface area contributed by atoms with Gasteiger partial charge in [0.05, 0.1) is 7.11 Å². The van der Waals surface area contributed by atoms with Crippen molar-refractivity contribution in [3.8, 4) is 5.75 Å². The molecule has 1 fully saturated rings. The van der Waals surface area contributed by atoms with Crippen LogP contribution in [0.5, 0.6) is 5.75 Å². The lowest BCUT2D eigenvalue weighted by molar-refractivity contribution is 0.147. The zero-order valence-electron chi connectivity index (χ0n) is 10.5. The minimum absolute atomic E-state index is 0.106. The Kier molecular flexibility index (Phi) is 4.49. The SMILES string of the molecule is COc1ccc(C(F)F)c(CN2CCNCC2)c1. The zero-order valence-corrected chi connectivity index (χ0v) is 10.5. The number of halogens is 2. The molecule has 1 aliphatic rings. The van der Waals surface area contributed by atoms with Crippen molar-refractivity contribution in [3.05, 3.63) is 29.3 Å². The van der Waals surface area contributed by atoms with Crippen LogP contribution in [0.1, 0.15) is 17.6 Å². The summed E-state index contributed by atoms with van der Waals surface area (Å²) >= 11 is 0. The van der Waals surface area contributed by atoms with Crippen LogP contribution in [-0.2, 0) is 6.54 Å². The van der Waals surface area contributed by atoms with Gasteiger partial charge in [0.15, 0.2) is 0 Å². The molecule has 0 amide bonds. The normalized spacial score (nSPS) is 17.1. The molecule has 1 heterocycles. The van der Waals surface area contributed by atoms with E-state index in [2.05, 4.69) is 10.2 Å².